The highest BCUT2D eigenvalue weighted by atomic mass is 35.5. The van der Waals surface area contributed by atoms with Gasteiger partial charge in [0.05, 0.1) is 18.2 Å². The third-order valence-corrected chi connectivity index (χ3v) is 6.99. The zero-order chi connectivity index (χ0) is 23.9. The summed E-state index contributed by atoms with van der Waals surface area (Å²) in [4.78, 5) is 26.8. The van der Waals surface area contributed by atoms with Crippen molar-refractivity contribution in [3.05, 3.63) is 76.8 Å². The van der Waals surface area contributed by atoms with Gasteiger partial charge >= 0.3 is 5.97 Å². The smallest absolute Gasteiger partial charge is 0.309 e. The number of ether oxygens (including phenoxy) is 1. The predicted molar refractivity (Wildman–Crippen MR) is 134 cm³/mol. The van der Waals surface area contributed by atoms with Gasteiger partial charge in [0.25, 0.3) is 5.91 Å². The van der Waals surface area contributed by atoms with Crippen LogP contribution in [0.1, 0.15) is 35.7 Å². The largest absolute Gasteiger partial charge is 0.466 e. The van der Waals surface area contributed by atoms with E-state index in [1.807, 2.05) is 72.5 Å². The van der Waals surface area contributed by atoms with E-state index in [0.29, 0.717) is 48.9 Å². The summed E-state index contributed by atoms with van der Waals surface area (Å²) in [6.45, 7) is 3.33. The van der Waals surface area contributed by atoms with E-state index in [-0.39, 0.29) is 17.8 Å². The number of nitrogens with zero attached hydrogens (tertiary/aromatic N) is 3. The molecule has 1 aliphatic rings. The van der Waals surface area contributed by atoms with Gasteiger partial charge in [-0.1, -0.05) is 47.6 Å². The molecular formula is C26H26ClN3O3S. The second-order valence-electron chi connectivity index (χ2n) is 8.07. The van der Waals surface area contributed by atoms with E-state index in [1.54, 1.807) is 11.8 Å². The number of esters is 1. The van der Waals surface area contributed by atoms with Crippen LogP contribution in [0.2, 0.25) is 5.02 Å². The number of rotatable bonds is 7. The number of piperidine rings is 1. The number of hydrogen-bond donors (Lipinski definition) is 0. The van der Waals surface area contributed by atoms with E-state index < -0.39 is 0 Å². The van der Waals surface area contributed by atoms with Crippen molar-refractivity contribution < 1.29 is 14.3 Å². The number of amides is 1. The molecule has 0 aliphatic carbocycles. The van der Waals surface area contributed by atoms with Crippen LogP contribution < -0.4 is 0 Å². The minimum absolute atomic E-state index is 0.00117. The Kier molecular flexibility index (Phi) is 8.19. The van der Waals surface area contributed by atoms with Gasteiger partial charge in [-0.05, 0) is 61.7 Å². The fourth-order valence-corrected chi connectivity index (χ4v) is 4.77. The molecule has 2 heterocycles. The van der Waals surface area contributed by atoms with Crippen LogP contribution in [0.15, 0.2) is 65.7 Å². The molecule has 1 fully saturated rings. The van der Waals surface area contributed by atoms with Crippen molar-refractivity contribution in [1.82, 2.24) is 15.1 Å². The normalized spacial score (nSPS) is 14.1. The average Bonchev–Trinajstić information content (AvgIpc) is 2.88. The quantitative estimate of drug-likeness (QED) is 0.318. The monoisotopic (exact) mass is 495 g/mol. The number of carbonyl (C=O) groups is 2. The molecule has 1 aliphatic heterocycles. The molecule has 1 aromatic heterocycles. The summed E-state index contributed by atoms with van der Waals surface area (Å²) in [5.74, 6) is 0.416. The lowest BCUT2D eigenvalue weighted by Crippen LogP contribution is -2.40. The number of carbonyl (C=O) groups excluding carboxylic acids is 2. The molecule has 0 saturated carbocycles. The van der Waals surface area contributed by atoms with Crippen LogP contribution in [-0.4, -0.2) is 46.7 Å². The summed E-state index contributed by atoms with van der Waals surface area (Å²) in [5.41, 5.74) is 3.46. The zero-order valence-corrected chi connectivity index (χ0v) is 20.5. The van der Waals surface area contributed by atoms with Crippen LogP contribution in [0.4, 0.5) is 0 Å². The molecule has 0 spiro atoms. The van der Waals surface area contributed by atoms with E-state index in [0.717, 1.165) is 21.8 Å². The highest BCUT2D eigenvalue weighted by Crippen LogP contribution is 2.25. The average molecular weight is 496 g/mol. The molecule has 34 heavy (non-hydrogen) atoms. The Balaban J connectivity index is 1.32. The molecular weight excluding hydrogens is 470 g/mol. The van der Waals surface area contributed by atoms with Crippen molar-refractivity contribution in [3.8, 4) is 11.3 Å². The molecule has 2 aromatic carbocycles. The molecule has 4 rings (SSSR count). The van der Waals surface area contributed by atoms with Gasteiger partial charge in [-0.3, -0.25) is 9.59 Å². The zero-order valence-electron chi connectivity index (χ0n) is 18.9. The number of likely N-dealkylation sites (tertiary alicyclic amines) is 1. The van der Waals surface area contributed by atoms with Gasteiger partial charge < -0.3 is 9.64 Å². The van der Waals surface area contributed by atoms with Gasteiger partial charge in [-0.15, -0.1) is 10.2 Å². The molecule has 6 nitrogen and oxygen atoms in total. The molecule has 0 unspecified atom stereocenters. The fraction of sp³-hybridized carbons (Fsp3) is 0.308. The number of thioether (sulfide) groups is 1. The Morgan fingerprint density at radius 2 is 1.82 bits per heavy atom. The first-order chi connectivity index (χ1) is 16.5. The summed E-state index contributed by atoms with van der Waals surface area (Å²) in [6.07, 6.45) is 1.29. The molecule has 8 heteroatoms. The van der Waals surface area contributed by atoms with Gasteiger partial charge in [0.15, 0.2) is 0 Å². The molecule has 1 amide bonds. The van der Waals surface area contributed by atoms with E-state index >= 15 is 0 Å². The summed E-state index contributed by atoms with van der Waals surface area (Å²) in [7, 11) is 0. The maximum Gasteiger partial charge on any atom is 0.309 e. The van der Waals surface area contributed by atoms with Gasteiger partial charge in [-0.25, -0.2) is 0 Å². The van der Waals surface area contributed by atoms with Gasteiger partial charge in [0.2, 0.25) is 0 Å². The Labute approximate surface area is 208 Å². The van der Waals surface area contributed by atoms with Crippen molar-refractivity contribution in [3.63, 3.8) is 0 Å². The second-order valence-corrected chi connectivity index (χ2v) is 9.50. The molecule has 3 aromatic rings. The van der Waals surface area contributed by atoms with Gasteiger partial charge in [-0.2, -0.15) is 0 Å². The molecule has 0 N–H and O–H groups in total. The third kappa shape index (κ3) is 6.15. The Hall–Kier alpha value is -2.90. The minimum Gasteiger partial charge on any atom is -0.466 e. The third-order valence-electron chi connectivity index (χ3n) is 5.74. The fourth-order valence-electron chi connectivity index (χ4n) is 3.88. The SMILES string of the molecule is CCOC(=O)C1CCN(C(=O)c2cccc(CSc3ccc(-c4ccc(Cl)cc4)nn3)c2)CC1. The van der Waals surface area contributed by atoms with Crippen molar-refractivity contribution in [2.24, 2.45) is 5.92 Å². The first-order valence-electron chi connectivity index (χ1n) is 11.3. The first kappa shape index (κ1) is 24.2. The van der Waals surface area contributed by atoms with Crippen LogP contribution >= 0.6 is 23.4 Å². The molecule has 176 valence electrons. The maximum atomic E-state index is 13.0. The van der Waals surface area contributed by atoms with Crippen LogP contribution in [0, 0.1) is 5.92 Å². The van der Waals surface area contributed by atoms with E-state index in [1.165, 1.54) is 0 Å². The summed E-state index contributed by atoms with van der Waals surface area (Å²) in [5, 5.41) is 10.1. The van der Waals surface area contributed by atoms with Gasteiger partial charge in [0, 0.05) is 35.0 Å². The molecule has 0 radical (unpaired) electrons. The van der Waals surface area contributed by atoms with Crippen molar-refractivity contribution in [2.45, 2.75) is 30.5 Å². The van der Waals surface area contributed by atoms with Crippen molar-refractivity contribution in [2.75, 3.05) is 19.7 Å². The first-order valence-corrected chi connectivity index (χ1v) is 12.7. The minimum atomic E-state index is -0.155. The van der Waals surface area contributed by atoms with E-state index in [9.17, 15) is 9.59 Å². The summed E-state index contributed by atoms with van der Waals surface area (Å²) >= 11 is 7.52. The van der Waals surface area contributed by atoms with E-state index in [2.05, 4.69) is 10.2 Å². The molecule has 1 saturated heterocycles. The van der Waals surface area contributed by atoms with E-state index in [4.69, 9.17) is 16.3 Å². The lowest BCUT2D eigenvalue weighted by molar-refractivity contribution is -0.149. The number of hydrogen-bond acceptors (Lipinski definition) is 6. The number of benzene rings is 2. The van der Waals surface area contributed by atoms with Crippen LogP contribution in [0.25, 0.3) is 11.3 Å². The lowest BCUT2D eigenvalue weighted by atomic mass is 9.96. The highest BCUT2D eigenvalue weighted by Gasteiger charge is 2.28. The van der Waals surface area contributed by atoms with Crippen LogP contribution in [0.3, 0.4) is 0 Å². The number of aromatic nitrogens is 2. The highest BCUT2D eigenvalue weighted by molar-refractivity contribution is 7.98. The van der Waals surface area contributed by atoms with Crippen molar-refractivity contribution >= 4 is 35.2 Å². The summed E-state index contributed by atoms with van der Waals surface area (Å²) < 4.78 is 5.11. The Morgan fingerprint density at radius 1 is 1.06 bits per heavy atom. The Bertz CT molecular complexity index is 1130. The number of halogens is 1. The summed E-state index contributed by atoms with van der Waals surface area (Å²) in [6, 6.07) is 19.1. The van der Waals surface area contributed by atoms with Crippen LogP contribution in [0.5, 0.6) is 0 Å². The Morgan fingerprint density at radius 3 is 2.50 bits per heavy atom. The van der Waals surface area contributed by atoms with Crippen LogP contribution in [-0.2, 0) is 15.3 Å². The van der Waals surface area contributed by atoms with Crippen molar-refractivity contribution in [1.29, 1.82) is 0 Å². The topological polar surface area (TPSA) is 72.4 Å². The second kappa shape index (κ2) is 11.5. The maximum absolute atomic E-state index is 13.0. The standard InChI is InChI=1S/C26H26ClN3O3S/c1-2-33-26(32)20-12-14-30(15-13-20)25(31)21-5-3-4-18(16-21)17-34-24-11-10-23(28-29-24)19-6-8-22(27)9-7-19/h3-11,16,20H,2,12-15,17H2,1H3. The molecule has 0 bridgehead atoms. The predicted octanol–water partition coefficient (Wildman–Crippen LogP) is 5.50. The van der Waals surface area contributed by atoms with Gasteiger partial charge in [0.1, 0.15) is 5.03 Å². The molecule has 0 atom stereocenters. The lowest BCUT2D eigenvalue weighted by Gasteiger charge is -2.31.